The number of benzene rings is 1. The molecule has 1 aromatic carbocycles. The molecule has 0 heterocycles. The third-order valence-electron chi connectivity index (χ3n) is 2.64. The van der Waals surface area contributed by atoms with Crippen molar-refractivity contribution in [1.82, 2.24) is 5.32 Å². The third kappa shape index (κ3) is 5.91. The molecule has 2 amide bonds. The summed E-state index contributed by atoms with van der Waals surface area (Å²) in [6.45, 7) is 1.83. The van der Waals surface area contributed by atoms with Gasteiger partial charge >= 0.3 is 12.0 Å². The van der Waals surface area contributed by atoms with Gasteiger partial charge in [0.2, 0.25) is 0 Å². The van der Waals surface area contributed by atoms with Gasteiger partial charge in [-0.25, -0.2) is 4.79 Å². The van der Waals surface area contributed by atoms with E-state index in [1.165, 1.54) is 0 Å². The number of carboxylic acid groups (broad SMARTS) is 1. The second kappa shape index (κ2) is 7.85. The van der Waals surface area contributed by atoms with Crippen LogP contribution in [0.15, 0.2) is 24.3 Å². The average Bonchev–Trinajstić information content (AvgIpc) is 2.37. The van der Waals surface area contributed by atoms with Crippen LogP contribution in [0.1, 0.15) is 25.3 Å². The Bertz CT molecular complexity index is 503. The summed E-state index contributed by atoms with van der Waals surface area (Å²) in [5.74, 6) is 1.65. The summed E-state index contributed by atoms with van der Waals surface area (Å²) < 4.78 is 0. The standard InChI is InChI=1S/C15H18N2O3/c1-3-4-11(2)16-15(20)17-13-8-5-12(6-9-13)7-10-14(18)19/h1,5-6,8-9,11H,4,7,10H2,2H3,(H,18,19)(H2,16,17,20). The Kier molecular flexibility index (Phi) is 6.11. The van der Waals surface area contributed by atoms with Crippen molar-refractivity contribution in [2.24, 2.45) is 0 Å². The Morgan fingerprint density at radius 1 is 1.35 bits per heavy atom. The van der Waals surface area contributed by atoms with Crippen LogP contribution in [-0.2, 0) is 11.2 Å². The van der Waals surface area contributed by atoms with E-state index in [1.54, 1.807) is 24.3 Å². The lowest BCUT2D eigenvalue weighted by molar-refractivity contribution is -0.136. The second-order valence-corrected chi connectivity index (χ2v) is 4.50. The minimum absolute atomic E-state index is 0.0881. The number of anilines is 1. The van der Waals surface area contributed by atoms with E-state index in [0.29, 0.717) is 18.5 Å². The van der Waals surface area contributed by atoms with Crippen LogP contribution in [-0.4, -0.2) is 23.1 Å². The molecule has 1 aromatic rings. The maximum atomic E-state index is 11.6. The highest BCUT2D eigenvalue weighted by molar-refractivity contribution is 5.89. The topological polar surface area (TPSA) is 78.4 Å². The number of hydrogen-bond acceptors (Lipinski definition) is 2. The predicted molar refractivity (Wildman–Crippen MR) is 77.5 cm³/mol. The van der Waals surface area contributed by atoms with Crippen molar-refractivity contribution in [3.05, 3.63) is 29.8 Å². The molecular formula is C15H18N2O3. The van der Waals surface area contributed by atoms with Gasteiger partial charge < -0.3 is 15.7 Å². The fraction of sp³-hybridized carbons (Fsp3) is 0.333. The molecule has 0 aromatic heterocycles. The Labute approximate surface area is 118 Å². The van der Waals surface area contributed by atoms with Crippen LogP contribution in [0.2, 0.25) is 0 Å². The number of rotatable bonds is 6. The van der Waals surface area contributed by atoms with Crippen LogP contribution in [0.25, 0.3) is 0 Å². The van der Waals surface area contributed by atoms with E-state index in [9.17, 15) is 9.59 Å². The Morgan fingerprint density at radius 2 is 2.00 bits per heavy atom. The first-order valence-corrected chi connectivity index (χ1v) is 6.33. The van der Waals surface area contributed by atoms with Gasteiger partial charge in [-0.1, -0.05) is 12.1 Å². The second-order valence-electron chi connectivity index (χ2n) is 4.50. The first kappa shape index (κ1) is 15.6. The molecule has 5 heteroatoms. The summed E-state index contributed by atoms with van der Waals surface area (Å²) in [5.41, 5.74) is 1.56. The first-order valence-electron chi connectivity index (χ1n) is 6.33. The molecule has 106 valence electrons. The largest absolute Gasteiger partial charge is 0.481 e. The molecule has 20 heavy (non-hydrogen) atoms. The van der Waals surface area contributed by atoms with Crippen molar-refractivity contribution in [2.45, 2.75) is 32.2 Å². The summed E-state index contributed by atoms with van der Waals surface area (Å²) in [7, 11) is 0. The molecule has 1 unspecified atom stereocenters. The van der Waals surface area contributed by atoms with Gasteiger partial charge in [-0.3, -0.25) is 4.79 Å². The van der Waals surface area contributed by atoms with Crippen LogP contribution in [0.4, 0.5) is 10.5 Å². The number of carboxylic acids is 1. The van der Waals surface area contributed by atoms with Crippen LogP contribution in [0.3, 0.4) is 0 Å². The number of aryl methyl sites for hydroxylation is 1. The van der Waals surface area contributed by atoms with Crippen molar-refractivity contribution in [3.63, 3.8) is 0 Å². The number of carbonyl (C=O) groups excluding carboxylic acids is 1. The minimum Gasteiger partial charge on any atom is -0.481 e. The smallest absolute Gasteiger partial charge is 0.319 e. The van der Waals surface area contributed by atoms with E-state index in [0.717, 1.165) is 5.56 Å². The van der Waals surface area contributed by atoms with Crippen molar-refractivity contribution >= 4 is 17.7 Å². The number of hydrogen-bond donors (Lipinski definition) is 3. The van der Waals surface area contributed by atoms with E-state index >= 15 is 0 Å². The molecule has 3 N–H and O–H groups in total. The van der Waals surface area contributed by atoms with Gasteiger partial charge in [0.1, 0.15) is 0 Å². The van der Waals surface area contributed by atoms with Crippen LogP contribution >= 0.6 is 0 Å². The van der Waals surface area contributed by atoms with Crippen molar-refractivity contribution in [1.29, 1.82) is 0 Å². The SMILES string of the molecule is C#CCC(C)NC(=O)Nc1ccc(CCC(=O)O)cc1. The highest BCUT2D eigenvalue weighted by Crippen LogP contribution is 2.11. The van der Waals surface area contributed by atoms with Gasteiger partial charge in [0.15, 0.2) is 0 Å². The zero-order valence-electron chi connectivity index (χ0n) is 11.3. The molecule has 0 saturated carbocycles. The number of nitrogens with one attached hydrogen (secondary N) is 2. The maximum absolute atomic E-state index is 11.6. The van der Waals surface area contributed by atoms with E-state index in [-0.39, 0.29) is 18.5 Å². The summed E-state index contributed by atoms with van der Waals surface area (Å²) in [4.78, 5) is 22.1. The third-order valence-corrected chi connectivity index (χ3v) is 2.64. The minimum atomic E-state index is -0.825. The van der Waals surface area contributed by atoms with Crippen LogP contribution < -0.4 is 10.6 Å². The summed E-state index contributed by atoms with van der Waals surface area (Å²) >= 11 is 0. The molecule has 0 aliphatic heterocycles. The zero-order chi connectivity index (χ0) is 15.0. The molecule has 0 bridgehead atoms. The highest BCUT2D eigenvalue weighted by Gasteiger charge is 2.06. The normalized spacial score (nSPS) is 11.2. The number of aliphatic carboxylic acids is 1. The number of amides is 2. The molecule has 5 nitrogen and oxygen atoms in total. The quantitative estimate of drug-likeness (QED) is 0.696. The van der Waals surface area contributed by atoms with Gasteiger partial charge in [0, 0.05) is 24.6 Å². The van der Waals surface area contributed by atoms with Gasteiger partial charge in [0.25, 0.3) is 0 Å². The fourth-order valence-electron chi connectivity index (χ4n) is 1.62. The maximum Gasteiger partial charge on any atom is 0.319 e. The summed E-state index contributed by atoms with van der Waals surface area (Å²) in [5, 5.41) is 14.0. The first-order chi connectivity index (χ1) is 9.51. The molecular weight excluding hydrogens is 256 g/mol. The van der Waals surface area contributed by atoms with Gasteiger partial charge in [-0.15, -0.1) is 12.3 Å². The van der Waals surface area contributed by atoms with E-state index in [2.05, 4.69) is 16.6 Å². The summed E-state index contributed by atoms with van der Waals surface area (Å²) in [6, 6.07) is 6.67. The Balaban J connectivity index is 2.47. The predicted octanol–water partition coefficient (Wildman–Crippen LogP) is 2.24. The Hall–Kier alpha value is -2.48. The molecule has 0 radical (unpaired) electrons. The number of urea groups is 1. The molecule has 1 atom stereocenters. The molecule has 0 saturated heterocycles. The molecule has 0 fully saturated rings. The fourth-order valence-corrected chi connectivity index (χ4v) is 1.62. The molecule has 0 spiro atoms. The van der Waals surface area contributed by atoms with E-state index in [4.69, 9.17) is 11.5 Å². The summed E-state index contributed by atoms with van der Waals surface area (Å²) in [6.07, 6.45) is 6.20. The molecule has 0 aliphatic rings. The zero-order valence-corrected chi connectivity index (χ0v) is 11.3. The highest BCUT2D eigenvalue weighted by atomic mass is 16.4. The lowest BCUT2D eigenvalue weighted by atomic mass is 10.1. The van der Waals surface area contributed by atoms with Crippen molar-refractivity contribution in [3.8, 4) is 12.3 Å². The lowest BCUT2D eigenvalue weighted by Crippen LogP contribution is -2.35. The van der Waals surface area contributed by atoms with E-state index < -0.39 is 5.97 Å². The lowest BCUT2D eigenvalue weighted by Gasteiger charge is -2.12. The van der Waals surface area contributed by atoms with Gasteiger partial charge in [-0.2, -0.15) is 0 Å². The van der Waals surface area contributed by atoms with Crippen molar-refractivity contribution in [2.75, 3.05) is 5.32 Å². The number of terminal acetylenes is 1. The van der Waals surface area contributed by atoms with Gasteiger partial charge in [0.05, 0.1) is 0 Å². The van der Waals surface area contributed by atoms with Crippen molar-refractivity contribution < 1.29 is 14.7 Å². The monoisotopic (exact) mass is 274 g/mol. The van der Waals surface area contributed by atoms with Crippen LogP contribution in [0.5, 0.6) is 0 Å². The number of carbonyl (C=O) groups is 2. The molecule has 0 aliphatic carbocycles. The van der Waals surface area contributed by atoms with Crippen LogP contribution in [0, 0.1) is 12.3 Å². The average molecular weight is 274 g/mol. The van der Waals surface area contributed by atoms with Gasteiger partial charge in [-0.05, 0) is 31.0 Å². The molecule has 1 rings (SSSR count). The van der Waals surface area contributed by atoms with E-state index in [1.807, 2.05) is 6.92 Å². The Morgan fingerprint density at radius 3 is 2.55 bits per heavy atom.